The summed E-state index contributed by atoms with van der Waals surface area (Å²) in [6, 6.07) is 10.3. The molecule has 1 aromatic rings. The number of halogens is 2. The van der Waals surface area contributed by atoms with Gasteiger partial charge in [0.05, 0.1) is 0 Å². The summed E-state index contributed by atoms with van der Waals surface area (Å²) >= 11 is -1.87. The van der Waals surface area contributed by atoms with Gasteiger partial charge in [-0.2, -0.15) is 0 Å². The number of benzene rings is 1. The van der Waals surface area contributed by atoms with E-state index in [0.717, 1.165) is 6.61 Å². The second kappa shape index (κ2) is 11.2. The van der Waals surface area contributed by atoms with Crippen LogP contribution in [0.5, 0.6) is 0 Å². The van der Waals surface area contributed by atoms with E-state index in [9.17, 15) is 0 Å². The van der Waals surface area contributed by atoms with E-state index >= 15 is 0 Å². The van der Waals surface area contributed by atoms with Gasteiger partial charge in [0.1, 0.15) is 0 Å². The number of fused-ring (bicyclic) bond motifs is 1. The van der Waals surface area contributed by atoms with E-state index < -0.39 is 37.7 Å². The van der Waals surface area contributed by atoms with Gasteiger partial charge < -0.3 is 24.8 Å². The fourth-order valence-electron chi connectivity index (χ4n) is 4.22. The Balaban J connectivity index is 0.00000210. The Morgan fingerprint density at radius 3 is 2.41 bits per heavy atom. The van der Waals surface area contributed by atoms with Crippen molar-refractivity contribution in [3.05, 3.63) is 62.1 Å². The fourth-order valence-corrected chi connectivity index (χ4v) is 17.6. The zero-order valence-corrected chi connectivity index (χ0v) is 24.5. The molecule has 2 aliphatic carbocycles. The molecule has 0 spiro atoms. The summed E-state index contributed by atoms with van der Waals surface area (Å²) in [5.74, 6) is 0. The first kappa shape index (κ1) is 27.2. The van der Waals surface area contributed by atoms with Gasteiger partial charge >= 0.3 is 176 Å². The SMILES string of the molecule is C[CH]=[Zr+2]([C]1=C([Si](C)(C)CCO[Si](C)(C)C)C=CC1)[CH]1C=Cc2ccccc21.[Cl-].[Cl-]. The molecule has 0 radical (unpaired) electrons. The molecule has 158 valence electrons. The van der Waals surface area contributed by atoms with E-state index in [4.69, 9.17) is 4.43 Å². The van der Waals surface area contributed by atoms with Crippen LogP contribution in [0.2, 0.25) is 38.8 Å². The van der Waals surface area contributed by atoms with Gasteiger partial charge in [-0.15, -0.1) is 0 Å². The molecule has 1 nitrogen and oxygen atoms in total. The molecular weight excluding hydrogens is 511 g/mol. The van der Waals surface area contributed by atoms with Crippen molar-refractivity contribution in [3.63, 3.8) is 0 Å². The monoisotopic (exact) mass is 542 g/mol. The first-order valence-electron chi connectivity index (χ1n) is 10.2. The van der Waals surface area contributed by atoms with E-state index in [1.165, 1.54) is 18.0 Å². The van der Waals surface area contributed by atoms with Crippen LogP contribution in [0.3, 0.4) is 0 Å². The molecule has 0 saturated carbocycles. The molecule has 1 unspecified atom stereocenters. The molecule has 1 atom stereocenters. The Morgan fingerprint density at radius 2 is 1.76 bits per heavy atom. The Bertz CT molecular complexity index is 836. The Labute approximate surface area is 199 Å². The van der Waals surface area contributed by atoms with Crippen molar-refractivity contribution in [3.8, 4) is 0 Å². The molecule has 0 amide bonds. The molecule has 0 saturated heterocycles. The molecule has 3 rings (SSSR count). The fraction of sp³-hybridized carbons (Fsp3) is 0.435. The van der Waals surface area contributed by atoms with Crippen LogP contribution in [0.15, 0.2) is 51.0 Å². The maximum Gasteiger partial charge on any atom is -1.00 e. The van der Waals surface area contributed by atoms with E-state index in [2.05, 4.69) is 91.9 Å². The quantitative estimate of drug-likeness (QED) is 0.455. The average Bonchev–Trinajstić information content (AvgIpc) is 3.23. The zero-order valence-electron chi connectivity index (χ0n) is 18.6. The Morgan fingerprint density at radius 1 is 1.07 bits per heavy atom. The van der Waals surface area contributed by atoms with Crippen molar-refractivity contribution in [2.45, 2.75) is 55.7 Å². The van der Waals surface area contributed by atoms with Crippen molar-refractivity contribution in [2.24, 2.45) is 0 Å². The predicted octanol–water partition coefficient (Wildman–Crippen LogP) is 0.516. The predicted molar refractivity (Wildman–Crippen MR) is 122 cm³/mol. The number of rotatable bonds is 7. The number of hydrogen-bond donors (Lipinski definition) is 0. The molecule has 0 aliphatic heterocycles. The summed E-state index contributed by atoms with van der Waals surface area (Å²) in [5, 5.41) is 1.76. The minimum atomic E-state index is -1.87. The van der Waals surface area contributed by atoms with Crippen LogP contribution in [0.1, 0.15) is 28.1 Å². The van der Waals surface area contributed by atoms with Gasteiger partial charge in [0.2, 0.25) is 0 Å². The molecular formula is C23H34Cl2OSi2Zr. The minimum absolute atomic E-state index is 0. The van der Waals surface area contributed by atoms with E-state index in [1.807, 2.05) is 3.28 Å². The van der Waals surface area contributed by atoms with E-state index in [0.29, 0.717) is 3.63 Å². The van der Waals surface area contributed by atoms with E-state index in [1.54, 1.807) is 10.8 Å². The van der Waals surface area contributed by atoms with Gasteiger partial charge in [-0.25, -0.2) is 0 Å². The van der Waals surface area contributed by atoms with Crippen molar-refractivity contribution >= 4 is 26.2 Å². The Hall–Kier alpha value is 0.167. The second-order valence-corrected chi connectivity index (χ2v) is 25.3. The summed E-state index contributed by atoms with van der Waals surface area (Å²) in [6.07, 6.45) is 11.0. The maximum absolute atomic E-state index is 6.22. The van der Waals surface area contributed by atoms with Crippen LogP contribution >= 0.6 is 0 Å². The number of allylic oxidation sites excluding steroid dienone is 5. The first-order chi connectivity index (χ1) is 12.7. The van der Waals surface area contributed by atoms with Crippen LogP contribution in [0.25, 0.3) is 6.08 Å². The van der Waals surface area contributed by atoms with Crippen LogP contribution in [0.4, 0.5) is 0 Å². The van der Waals surface area contributed by atoms with Gasteiger partial charge in [0, 0.05) is 0 Å². The third-order valence-electron chi connectivity index (χ3n) is 5.72. The van der Waals surface area contributed by atoms with Crippen molar-refractivity contribution in [1.82, 2.24) is 0 Å². The third-order valence-corrected chi connectivity index (χ3v) is 18.1. The molecule has 0 N–H and O–H groups in total. The van der Waals surface area contributed by atoms with Crippen LogP contribution < -0.4 is 24.8 Å². The molecule has 1 aromatic carbocycles. The average molecular weight is 545 g/mol. The standard InChI is InChI=1S/C12H23OSi2.C9H7.C2H4.2ClH.Zr/c1-14(2,3)13-10-11-15(4,5)12-8-6-7-9-12;1-2-5-9-7-3-6-8(9)4-1;1-2;;;/h6,8H,7,10-11H2,1-5H3;1-7H;1H,2H3;2*1H;/q;;;;;+2/p-2. The van der Waals surface area contributed by atoms with Gasteiger partial charge in [-0.1, -0.05) is 0 Å². The normalized spacial score (nSPS) is 17.9. The minimum Gasteiger partial charge on any atom is -1.00 e. The smallest absolute Gasteiger partial charge is 1.00 e. The first-order valence-corrected chi connectivity index (χ1v) is 20.9. The van der Waals surface area contributed by atoms with Crippen LogP contribution in [-0.2, 0) is 25.7 Å². The van der Waals surface area contributed by atoms with Crippen molar-refractivity contribution < 1.29 is 50.5 Å². The molecule has 2 aliphatic rings. The number of hydrogen-bond acceptors (Lipinski definition) is 1. The van der Waals surface area contributed by atoms with Crippen molar-refractivity contribution in [2.75, 3.05) is 6.61 Å². The van der Waals surface area contributed by atoms with Crippen molar-refractivity contribution in [1.29, 1.82) is 0 Å². The molecule has 0 fully saturated rings. The molecule has 0 heterocycles. The zero-order chi connectivity index (χ0) is 19.7. The molecule has 0 bridgehead atoms. The summed E-state index contributed by atoms with van der Waals surface area (Å²) in [7, 11) is -2.88. The topological polar surface area (TPSA) is 9.23 Å². The van der Waals surface area contributed by atoms with Gasteiger partial charge in [-0.05, 0) is 0 Å². The van der Waals surface area contributed by atoms with Gasteiger partial charge in [0.25, 0.3) is 0 Å². The van der Waals surface area contributed by atoms with Gasteiger partial charge in [0.15, 0.2) is 0 Å². The Kier molecular flexibility index (Phi) is 10.5. The maximum atomic E-state index is 6.22. The van der Waals surface area contributed by atoms with E-state index in [-0.39, 0.29) is 24.8 Å². The molecule has 6 heteroatoms. The summed E-state index contributed by atoms with van der Waals surface area (Å²) in [5.41, 5.74) is 3.01. The largest absolute Gasteiger partial charge is 1.00 e. The van der Waals surface area contributed by atoms with Gasteiger partial charge in [-0.3, -0.25) is 0 Å². The molecule has 0 aromatic heterocycles. The van der Waals surface area contributed by atoms with Crippen LogP contribution in [-0.4, -0.2) is 26.7 Å². The summed E-state index contributed by atoms with van der Waals surface area (Å²) in [4.78, 5) is 0. The molecule has 29 heavy (non-hydrogen) atoms. The van der Waals surface area contributed by atoms with Crippen LogP contribution in [0, 0.1) is 0 Å². The third kappa shape index (κ3) is 6.57. The summed E-state index contributed by atoms with van der Waals surface area (Å²) < 4.78 is 11.4. The summed E-state index contributed by atoms with van der Waals surface area (Å²) in [6.45, 7) is 15.3. The second-order valence-electron chi connectivity index (χ2n) is 9.30.